The van der Waals surface area contributed by atoms with E-state index in [4.69, 9.17) is 45.9 Å². The summed E-state index contributed by atoms with van der Waals surface area (Å²) in [6.07, 6.45) is 12.5. The minimum Gasteiger partial charge on any atom is -0.345 e. The van der Waals surface area contributed by atoms with Crippen LogP contribution in [0.5, 0.6) is 0 Å². The Morgan fingerprint density at radius 2 is 0.494 bits per heavy atom. The number of nitrogens with one attached hydrogen (secondary N) is 8. The van der Waals surface area contributed by atoms with Gasteiger partial charge < -0.3 is 103 Å². The number of carbonyl (C=O) groups excluding carboxylic acids is 9. The minimum atomic E-state index is -1.21. The molecule has 0 bridgehead atoms. The van der Waals surface area contributed by atoms with Crippen LogP contribution in [-0.4, -0.2) is 205 Å². The Morgan fingerprint density at radius 1 is 0.294 bits per heavy atom. The van der Waals surface area contributed by atoms with Gasteiger partial charge >= 0.3 is 0 Å². The second-order valence-electron chi connectivity index (χ2n) is 22.9. The van der Waals surface area contributed by atoms with Crippen molar-refractivity contribution in [1.29, 1.82) is 0 Å². The first-order chi connectivity index (χ1) is 40.8. The molecule has 0 unspecified atom stereocenters. The van der Waals surface area contributed by atoms with Crippen LogP contribution < -0.4 is 88.4 Å². The van der Waals surface area contributed by atoms with Gasteiger partial charge in [-0.15, -0.1) is 0 Å². The molecule has 24 N–H and O–H groups in total. The molecule has 0 aromatic carbocycles. The molecule has 0 radical (unpaired) electrons. The summed E-state index contributed by atoms with van der Waals surface area (Å²) < 4.78 is 0. The number of hydrogen-bond donors (Lipinski definition) is 16. The predicted octanol–water partition coefficient (Wildman–Crippen LogP) is -2.24. The van der Waals surface area contributed by atoms with Gasteiger partial charge in [0.25, 0.3) is 0 Å². The summed E-state index contributed by atoms with van der Waals surface area (Å²) in [4.78, 5) is 130. The Morgan fingerprint density at radius 3 is 0.718 bits per heavy atom. The third-order valence-corrected chi connectivity index (χ3v) is 14.6. The van der Waals surface area contributed by atoms with Gasteiger partial charge in [0, 0.05) is 0 Å². The van der Waals surface area contributed by atoms with Crippen LogP contribution in [0.4, 0.5) is 0 Å². The van der Waals surface area contributed by atoms with E-state index in [1.165, 1.54) is 0 Å². The molecule has 0 heterocycles. The lowest BCUT2D eigenvalue weighted by Crippen LogP contribution is -2.60. The zero-order valence-corrected chi connectivity index (χ0v) is 52.4. The molecule has 0 aliphatic carbocycles. The zero-order valence-electron chi connectivity index (χ0n) is 52.4. The van der Waals surface area contributed by atoms with Gasteiger partial charge in [-0.25, -0.2) is 0 Å². The lowest BCUT2D eigenvalue weighted by atomic mass is 10.0. The van der Waals surface area contributed by atoms with Crippen LogP contribution in [0, 0.1) is 0 Å². The van der Waals surface area contributed by atoms with Gasteiger partial charge in [0.15, 0.2) is 0 Å². The fourth-order valence-electron chi connectivity index (χ4n) is 9.42. The first-order valence-corrected chi connectivity index (χ1v) is 31.6. The van der Waals surface area contributed by atoms with Crippen molar-refractivity contribution >= 4 is 53.5 Å². The van der Waals surface area contributed by atoms with Crippen LogP contribution >= 0.6 is 0 Å². The number of hydrogen-bond acceptors (Lipinski definition) is 19. The average molecular weight is 1210 g/mol. The smallest absolute Gasteiger partial charge is 0.243 e. The molecule has 85 heavy (non-hydrogen) atoms. The van der Waals surface area contributed by atoms with Crippen LogP contribution in [0.25, 0.3) is 0 Å². The highest BCUT2D eigenvalue weighted by molar-refractivity contribution is 5.98. The monoisotopic (exact) mass is 1210 g/mol. The minimum absolute atomic E-state index is 0.113. The molecule has 27 heteroatoms. The summed E-state index contributed by atoms with van der Waals surface area (Å²) in [5.74, 6) is -5.00. The maximum atomic E-state index is 14.6. The van der Waals surface area contributed by atoms with Crippen LogP contribution in [0.1, 0.15) is 173 Å². The highest BCUT2D eigenvalue weighted by Crippen LogP contribution is 2.14. The molecule has 0 saturated heterocycles. The molecule has 0 spiro atoms. The number of aldehydes is 1. The Bertz CT molecular complexity index is 1860. The van der Waals surface area contributed by atoms with E-state index in [1.807, 2.05) is 38.0 Å². The van der Waals surface area contributed by atoms with Crippen LogP contribution in [-0.2, 0) is 43.2 Å². The van der Waals surface area contributed by atoms with E-state index >= 15 is 0 Å². The third-order valence-electron chi connectivity index (χ3n) is 14.6. The van der Waals surface area contributed by atoms with Gasteiger partial charge in [0.05, 0.1) is 12.1 Å². The first-order valence-electron chi connectivity index (χ1n) is 31.6. The lowest BCUT2D eigenvalue weighted by molar-refractivity contribution is -0.136. The van der Waals surface area contributed by atoms with Gasteiger partial charge in [-0.2, -0.15) is 0 Å². The van der Waals surface area contributed by atoms with E-state index < -0.39 is 102 Å². The fourth-order valence-corrected chi connectivity index (χ4v) is 9.42. The quantitative estimate of drug-likeness (QED) is 0.0226. The Kier molecular flexibility index (Phi) is 48.1. The Labute approximate surface area is 508 Å². The highest BCUT2D eigenvalue weighted by Gasteiger charge is 2.35. The second-order valence-corrected chi connectivity index (χ2v) is 22.9. The van der Waals surface area contributed by atoms with Crippen molar-refractivity contribution in [3.05, 3.63) is 0 Å². The number of nitrogens with zero attached hydrogens (tertiary/aromatic N) is 2. The van der Waals surface area contributed by atoms with Crippen LogP contribution in [0.2, 0.25) is 0 Å². The Balaban J connectivity index is 7.12. The van der Waals surface area contributed by atoms with Crippen molar-refractivity contribution in [2.75, 3.05) is 87.1 Å². The van der Waals surface area contributed by atoms with Crippen LogP contribution in [0.3, 0.4) is 0 Å². The fraction of sp³-hybridized carbons (Fsp3) is 0.845. The van der Waals surface area contributed by atoms with E-state index in [0.29, 0.717) is 194 Å². The summed E-state index contributed by atoms with van der Waals surface area (Å²) >= 11 is 0. The molecule has 0 aliphatic heterocycles. The molecule has 494 valence electrons. The molecule has 0 rings (SSSR count). The SMILES string of the molecule is CN(C)CCCC[C@H](NC(=O)[C@H](CCCCN)NC(=O)[C@H](CCCCN)NC(=O)[C@H](CCCCN(C)C)NC(=O)[C@H](CCCCN)NC(=O)[C@@H](N)CCCCN)C(=O)N[C@@H](CCCCN)C(=O)N[C@@H](CCCCN)C(=O)N[C@H](C=O)CCCCN. The standard InChI is InChI=1S/C58H118N18O9/c1-75(2)39-21-12-30-49(73-53(80)45(26-8-17-35-62)68-51(78)43(66)24-6-15-33-60)57(84)72-47(28-10-19-37-64)55(82)70-48(29-11-20-38-65)56(83)74-50(31-13-22-40-76(3)4)58(85)71-46(27-9-18-36-63)54(81)69-44(25-7-16-34-61)52(79)67-42(41-77)23-5-14-32-59/h41-50H,5-40,59-66H2,1-4H3,(H,67,79)(H,68,78)(H,69,81)(H,70,82)(H,71,85)(H,72,84)(H,73,80)(H,74,83)/t42-,43-,44-,45-,46-,47-,48-,49-,50-/m0/s1. The van der Waals surface area contributed by atoms with Crippen molar-refractivity contribution in [2.24, 2.45) is 45.9 Å². The average Bonchev–Trinajstić information content (AvgIpc) is 3.66. The number of amides is 8. The maximum absolute atomic E-state index is 14.6. The summed E-state index contributed by atoms with van der Waals surface area (Å²) in [7, 11) is 7.68. The molecule has 0 fully saturated rings. The highest BCUT2D eigenvalue weighted by atomic mass is 16.2. The normalized spacial score (nSPS) is 14.6. The summed E-state index contributed by atoms with van der Waals surface area (Å²) in [6, 6.07) is -9.66. The summed E-state index contributed by atoms with van der Waals surface area (Å²) in [5, 5.41) is 22.7. The summed E-state index contributed by atoms with van der Waals surface area (Å²) in [5.41, 5.74) is 46.6. The molecule has 0 saturated carbocycles. The van der Waals surface area contributed by atoms with Crippen molar-refractivity contribution in [2.45, 2.75) is 228 Å². The lowest BCUT2D eigenvalue weighted by Gasteiger charge is -2.28. The molecule has 27 nitrogen and oxygen atoms in total. The molecule has 0 aliphatic rings. The van der Waals surface area contributed by atoms with Gasteiger partial charge in [-0.05, 0) is 254 Å². The van der Waals surface area contributed by atoms with Crippen molar-refractivity contribution in [1.82, 2.24) is 52.3 Å². The van der Waals surface area contributed by atoms with Gasteiger partial charge in [0.2, 0.25) is 47.3 Å². The molecule has 0 aromatic rings. The molecular formula is C58H118N18O9. The number of unbranched alkanes of at least 4 members (excludes halogenated alkanes) is 9. The van der Waals surface area contributed by atoms with Crippen molar-refractivity contribution in [3.8, 4) is 0 Å². The van der Waals surface area contributed by atoms with E-state index in [9.17, 15) is 43.2 Å². The molecule has 9 atom stereocenters. The second kappa shape index (κ2) is 51.1. The van der Waals surface area contributed by atoms with Crippen molar-refractivity contribution in [3.63, 3.8) is 0 Å². The van der Waals surface area contributed by atoms with E-state index in [0.717, 1.165) is 0 Å². The topological polar surface area (TPSA) is 465 Å². The number of carbonyl (C=O) groups is 9. The third kappa shape index (κ3) is 38.7. The number of rotatable bonds is 55. The predicted molar refractivity (Wildman–Crippen MR) is 335 cm³/mol. The Hall–Kier alpha value is -4.97. The van der Waals surface area contributed by atoms with Crippen molar-refractivity contribution < 1.29 is 43.2 Å². The number of nitrogens with two attached hydrogens (primary N) is 8. The molecule has 8 amide bonds. The van der Waals surface area contributed by atoms with E-state index in [2.05, 4.69) is 42.5 Å². The molecule has 0 aromatic heterocycles. The molecular weight excluding hydrogens is 1090 g/mol. The van der Waals surface area contributed by atoms with E-state index in [1.54, 1.807) is 0 Å². The van der Waals surface area contributed by atoms with Gasteiger partial charge in [-0.1, -0.05) is 6.42 Å². The first kappa shape index (κ1) is 80.0. The maximum Gasteiger partial charge on any atom is 0.243 e. The van der Waals surface area contributed by atoms with Gasteiger partial charge in [0.1, 0.15) is 48.6 Å². The largest absolute Gasteiger partial charge is 0.345 e. The summed E-state index contributed by atoms with van der Waals surface area (Å²) in [6.45, 7) is 3.92. The zero-order chi connectivity index (χ0) is 63.8. The van der Waals surface area contributed by atoms with Gasteiger partial charge in [-0.3, -0.25) is 38.4 Å². The van der Waals surface area contributed by atoms with E-state index in [-0.39, 0.29) is 44.9 Å². The van der Waals surface area contributed by atoms with Crippen LogP contribution in [0.15, 0.2) is 0 Å².